The second-order valence-corrected chi connectivity index (χ2v) is 9.74. The minimum absolute atomic E-state index is 0.0681. The number of rotatable bonds is 4. The fraction of sp³-hybridized carbons (Fsp3) is 0.708. The summed E-state index contributed by atoms with van der Waals surface area (Å²) in [6, 6.07) is 9.72. The molecule has 5 nitrogen and oxygen atoms in total. The molecule has 0 bridgehead atoms. The zero-order valence-electron chi connectivity index (χ0n) is 17.7. The first-order valence-electron chi connectivity index (χ1n) is 11.8. The molecule has 1 aromatic carbocycles. The molecule has 1 saturated carbocycles. The number of amides is 2. The summed E-state index contributed by atoms with van der Waals surface area (Å²) in [4.78, 5) is 20.2. The highest BCUT2D eigenvalue weighted by Gasteiger charge is 2.46. The number of nitrogens with one attached hydrogen (secondary N) is 1. The molecule has 5 heteroatoms. The molecule has 1 atom stereocenters. The Hall–Kier alpha value is -1.59. The van der Waals surface area contributed by atoms with Gasteiger partial charge in [-0.25, -0.2) is 4.79 Å². The molecule has 1 N–H and O–H groups in total. The summed E-state index contributed by atoms with van der Waals surface area (Å²) in [5.74, 6) is 0. The first kappa shape index (κ1) is 19.4. The van der Waals surface area contributed by atoms with Crippen LogP contribution in [0.4, 0.5) is 4.79 Å². The summed E-state index contributed by atoms with van der Waals surface area (Å²) in [6.07, 6.45) is 9.92. The van der Waals surface area contributed by atoms with E-state index in [2.05, 4.69) is 44.3 Å². The molecular weight excluding hydrogens is 360 g/mol. The molecule has 0 spiro atoms. The molecule has 2 aliphatic carbocycles. The van der Waals surface area contributed by atoms with Gasteiger partial charge in [0.1, 0.15) is 0 Å². The number of benzene rings is 1. The number of carbonyl (C=O) groups is 1. The van der Waals surface area contributed by atoms with Crippen LogP contribution in [0.2, 0.25) is 0 Å². The Bertz CT molecular complexity index is 717. The van der Waals surface area contributed by atoms with Crippen molar-refractivity contribution < 1.29 is 4.79 Å². The van der Waals surface area contributed by atoms with Crippen molar-refractivity contribution in [2.75, 3.05) is 45.8 Å². The van der Waals surface area contributed by atoms with Crippen molar-refractivity contribution in [2.24, 2.45) is 0 Å². The molecule has 2 amide bonds. The van der Waals surface area contributed by atoms with Crippen LogP contribution in [0, 0.1) is 0 Å². The van der Waals surface area contributed by atoms with Crippen LogP contribution in [0.1, 0.15) is 49.7 Å². The molecule has 0 radical (unpaired) electrons. The number of fused-ring (bicyclic) bond motifs is 1. The molecule has 158 valence electrons. The predicted molar refractivity (Wildman–Crippen MR) is 116 cm³/mol. The number of nitrogens with zero attached hydrogens (tertiary/aromatic N) is 3. The van der Waals surface area contributed by atoms with Crippen LogP contribution >= 0.6 is 0 Å². The highest BCUT2D eigenvalue weighted by atomic mass is 16.2. The summed E-state index contributed by atoms with van der Waals surface area (Å²) in [5, 5.41) is 3.42. The smallest absolute Gasteiger partial charge is 0.317 e. The fourth-order valence-electron chi connectivity index (χ4n) is 5.61. The summed E-state index contributed by atoms with van der Waals surface area (Å²) < 4.78 is 0. The van der Waals surface area contributed by atoms with E-state index in [9.17, 15) is 4.79 Å². The average Bonchev–Trinajstić information content (AvgIpc) is 3.53. The molecule has 1 unspecified atom stereocenters. The van der Waals surface area contributed by atoms with E-state index in [1.807, 2.05) is 0 Å². The van der Waals surface area contributed by atoms with E-state index < -0.39 is 0 Å². The largest absolute Gasteiger partial charge is 0.331 e. The highest BCUT2D eigenvalue weighted by Crippen LogP contribution is 2.37. The van der Waals surface area contributed by atoms with E-state index in [-0.39, 0.29) is 11.6 Å². The van der Waals surface area contributed by atoms with Gasteiger partial charge in [-0.2, -0.15) is 0 Å². The van der Waals surface area contributed by atoms with E-state index in [0.717, 1.165) is 45.6 Å². The second kappa shape index (κ2) is 8.27. The van der Waals surface area contributed by atoms with Crippen molar-refractivity contribution in [1.82, 2.24) is 20.0 Å². The molecular formula is C24H36N4O. The van der Waals surface area contributed by atoms with E-state index >= 15 is 0 Å². The van der Waals surface area contributed by atoms with E-state index in [1.165, 1.54) is 62.7 Å². The normalized spacial score (nSPS) is 27.3. The fourth-order valence-corrected chi connectivity index (χ4v) is 5.61. The maximum Gasteiger partial charge on any atom is 0.317 e. The summed E-state index contributed by atoms with van der Waals surface area (Å²) >= 11 is 0. The molecule has 4 aliphatic rings. The molecule has 3 fully saturated rings. The third kappa shape index (κ3) is 4.46. The monoisotopic (exact) mass is 396 g/mol. The molecule has 29 heavy (non-hydrogen) atoms. The first-order valence-corrected chi connectivity index (χ1v) is 11.8. The van der Waals surface area contributed by atoms with Gasteiger partial charge in [0.2, 0.25) is 0 Å². The Morgan fingerprint density at radius 2 is 1.69 bits per heavy atom. The summed E-state index contributed by atoms with van der Waals surface area (Å²) in [6.45, 7) is 7.23. The van der Waals surface area contributed by atoms with Crippen LogP contribution < -0.4 is 5.32 Å². The summed E-state index contributed by atoms with van der Waals surface area (Å²) in [7, 11) is 0. The molecule has 2 heterocycles. The van der Waals surface area contributed by atoms with E-state index in [4.69, 9.17) is 0 Å². The van der Waals surface area contributed by atoms with Crippen molar-refractivity contribution in [3.63, 3.8) is 0 Å². The number of carbonyl (C=O) groups excluding carboxylic acids is 1. The number of likely N-dealkylation sites (tertiary alicyclic amines) is 1. The molecule has 0 aromatic heterocycles. The van der Waals surface area contributed by atoms with Crippen LogP contribution in [0.15, 0.2) is 24.3 Å². The van der Waals surface area contributed by atoms with Gasteiger partial charge in [-0.1, -0.05) is 30.7 Å². The SMILES string of the molecule is O=C(NC1(CN2CCCCC2)CC1)N1CCN(C2CCc3ccccc3C2)CC1. The molecule has 2 saturated heterocycles. The third-order valence-corrected chi connectivity index (χ3v) is 7.64. The number of urea groups is 1. The van der Waals surface area contributed by atoms with Gasteiger partial charge in [0.15, 0.2) is 0 Å². The maximum absolute atomic E-state index is 12.9. The van der Waals surface area contributed by atoms with Crippen LogP contribution in [0.5, 0.6) is 0 Å². The standard InChI is InChI=1S/C24H36N4O/c29-23(25-24(10-11-24)19-26-12-4-1-5-13-26)28-16-14-27(15-17-28)22-9-8-20-6-2-3-7-21(20)18-22/h2-3,6-7,22H,1,4-5,8-19H2,(H,25,29). The Kier molecular flexibility index (Phi) is 5.53. The van der Waals surface area contributed by atoms with Gasteiger partial charge in [-0.15, -0.1) is 0 Å². The number of hydrogen-bond acceptors (Lipinski definition) is 3. The second-order valence-electron chi connectivity index (χ2n) is 9.74. The van der Waals surface area contributed by atoms with Crippen LogP contribution in [0.25, 0.3) is 0 Å². The predicted octanol–water partition coefficient (Wildman–Crippen LogP) is 2.89. The zero-order valence-corrected chi connectivity index (χ0v) is 17.7. The van der Waals surface area contributed by atoms with Gasteiger partial charge in [-0.05, 0) is 69.2 Å². The average molecular weight is 397 g/mol. The topological polar surface area (TPSA) is 38.8 Å². The van der Waals surface area contributed by atoms with Crippen molar-refractivity contribution in [1.29, 1.82) is 0 Å². The maximum atomic E-state index is 12.9. The molecule has 1 aromatic rings. The Balaban J connectivity index is 1.10. The lowest BCUT2D eigenvalue weighted by Crippen LogP contribution is -2.57. The lowest BCUT2D eigenvalue weighted by Gasteiger charge is -2.41. The molecule has 2 aliphatic heterocycles. The quantitative estimate of drug-likeness (QED) is 0.851. The van der Waals surface area contributed by atoms with Gasteiger partial charge in [0.25, 0.3) is 0 Å². The van der Waals surface area contributed by atoms with Crippen molar-refractivity contribution in [2.45, 2.75) is 62.9 Å². The lowest BCUT2D eigenvalue weighted by molar-refractivity contribution is 0.0983. The number of piperidine rings is 1. The Morgan fingerprint density at radius 3 is 2.41 bits per heavy atom. The van der Waals surface area contributed by atoms with Crippen molar-refractivity contribution in [3.8, 4) is 0 Å². The van der Waals surface area contributed by atoms with Crippen LogP contribution in [-0.4, -0.2) is 78.1 Å². The van der Waals surface area contributed by atoms with E-state index in [0.29, 0.717) is 6.04 Å². The van der Waals surface area contributed by atoms with E-state index in [1.54, 1.807) is 0 Å². The lowest BCUT2D eigenvalue weighted by atomic mass is 9.87. The number of aryl methyl sites for hydroxylation is 1. The highest BCUT2D eigenvalue weighted by molar-refractivity contribution is 5.75. The number of hydrogen-bond donors (Lipinski definition) is 1. The third-order valence-electron chi connectivity index (χ3n) is 7.64. The Labute approximate surface area is 175 Å². The number of piperazine rings is 1. The van der Waals surface area contributed by atoms with Crippen molar-refractivity contribution in [3.05, 3.63) is 35.4 Å². The van der Waals surface area contributed by atoms with Crippen LogP contribution in [0.3, 0.4) is 0 Å². The molecule has 5 rings (SSSR count). The van der Waals surface area contributed by atoms with Gasteiger partial charge >= 0.3 is 6.03 Å². The van der Waals surface area contributed by atoms with Gasteiger partial charge in [0, 0.05) is 38.8 Å². The minimum atomic E-state index is 0.0681. The zero-order chi connectivity index (χ0) is 19.7. The summed E-state index contributed by atoms with van der Waals surface area (Å²) in [5.41, 5.74) is 3.13. The minimum Gasteiger partial charge on any atom is -0.331 e. The van der Waals surface area contributed by atoms with Gasteiger partial charge in [-0.3, -0.25) is 4.90 Å². The Morgan fingerprint density at radius 1 is 0.966 bits per heavy atom. The van der Waals surface area contributed by atoms with Crippen LogP contribution in [-0.2, 0) is 12.8 Å². The van der Waals surface area contributed by atoms with Gasteiger partial charge in [0.05, 0.1) is 5.54 Å². The van der Waals surface area contributed by atoms with Crippen molar-refractivity contribution >= 4 is 6.03 Å². The first-order chi connectivity index (χ1) is 14.2. The van der Waals surface area contributed by atoms with Gasteiger partial charge < -0.3 is 15.1 Å².